The maximum Gasteiger partial charge on any atom is 0.193 e. The van der Waals surface area contributed by atoms with E-state index in [-0.39, 0.29) is 30.0 Å². The number of para-hydroxylation sites is 1. The summed E-state index contributed by atoms with van der Waals surface area (Å²) in [7, 11) is 7.78. The van der Waals surface area contributed by atoms with Crippen molar-refractivity contribution in [2.45, 2.75) is 6.04 Å². The molecular weight excluding hydrogens is 489 g/mol. The van der Waals surface area contributed by atoms with Gasteiger partial charge in [-0.2, -0.15) is 0 Å². The molecule has 2 aromatic rings. The average Bonchev–Trinajstić information content (AvgIpc) is 2.77. The molecule has 0 amide bonds. The number of benzene rings is 2. The average molecular weight is 523 g/mol. The van der Waals surface area contributed by atoms with Crippen LogP contribution in [0.2, 0.25) is 0 Å². The molecule has 0 spiro atoms. The van der Waals surface area contributed by atoms with Crippen LogP contribution in [-0.4, -0.2) is 76.7 Å². The van der Waals surface area contributed by atoms with Crippen molar-refractivity contribution in [1.29, 1.82) is 0 Å². The van der Waals surface area contributed by atoms with Crippen molar-refractivity contribution >= 4 is 35.6 Å². The van der Waals surface area contributed by atoms with Gasteiger partial charge in [0, 0.05) is 45.5 Å². The first kappa shape index (κ1) is 24.3. The van der Waals surface area contributed by atoms with E-state index in [9.17, 15) is 0 Å². The number of methoxy groups -OCH3 is 1. The highest BCUT2D eigenvalue weighted by Gasteiger charge is 2.21. The van der Waals surface area contributed by atoms with E-state index in [4.69, 9.17) is 4.74 Å². The summed E-state index contributed by atoms with van der Waals surface area (Å²) in [6.45, 7) is 4.72. The van der Waals surface area contributed by atoms with Crippen LogP contribution in [0.1, 0.15) is 11.6 Å². The Labute approximate surface area is 197 Å². The van der Waals surface area contributed by atoms with Gasteiger partial charge in [0.25, 0.3) is 0 Å². The van der Waals surface area contributed by atoms with Gasteiger partial charge in [-0.1, -0.05) is 30.3 Å². The Bertz CT molecular complexity index is 774. The van der Waals surface area contributed by atoms with Crippen LogP contribution in [-0.2, 0) is 0 Å². The molecule has 0 saturated carbocycles. The number of nitrogens with zero attached hydrogens (tertiary/aromatic N) is 4. The summed E-state index contributed by atoms with van der Waals surface area (Å²) in [5, 5.41) is 3.59. The van der Waals surface area contributed by atoms with Gasteiger partial charge in [0.05, 0.1) is 13.2 Å². The lowest BCUT2D eigenvalue weighted by molar-refractivity contribution is 0.292. The van der Waals surface area contributed by atoms with Crippen molar-refractivity contribution < 1.29 is 4.74 Å². The first-order valence-corrected chi connectivity index (χ1v) is 10.2. The lowest BCUT2D eigenvalue weighted by atomic mass is 10.1. The van der Waals surface area contributed by atoms with Crippen molar-refractivity contribution in [3.63, 3.8) is 0 Å². The van der Waals surface area contributed by atoms with Gasteiger partial charge in [-0.15, -0.1) is 24.0 Å². The Morgan fingerprint density at radius 3 is 2.20 bits per heavy atom. The fourth-order valence-corrected chi connectivity index (χ4v) is 3.76. The minimum atomic E-state index is 0. The second-order valence-electron chi connectivity index (χ2n) is 7.49. The molecule has 1 N–H and O–H groups in total. The van der Waals surface area contributed by atoms with Crippen LogP contribution in [0, 0.1) is 0 Å². The monoisotopic (exact) mass is 523 g/mol. The maximum absolute atomic E-state index is 5.29. The molecule has 1 unspecified atom stereocenters. The minimum Gasteiger partial charge on any atom is -0.497 e. The number of ether oxygens (including phenoxy) is 1. The fourth-order valence-electron chi connectivity index (χ4n) is 3.76. The van der Waals surface area contributed by atoms with E-state index in [2.05, 4.69) is 81.6 Å². The van der Waals surface area contributed by atoms with Crippen LogP contribution < -0.4 is 15.0 Å². The van der Waals surface area contributed by atoms with Gasteiger partial charge >= 0.3 is 0 Å². The molecule has 0 bridgehead atoms. The largest absolute Gasteiger partial charge is 0.497 e. The molecule has 3 rings (SSSR count). The van der Waals surface area contributed by atoms with Gasteiger partial charge in [-0.3, -0.25) is 4.99 Å². The Hall–Kier alpha value is -2.00. The van der Waals surface area contributed by atoms with Crippen molar-refractivity contribution in [1.82, 2.24) is 15.1 Å². The number of halogens is 1. The highest BCUT2D eigenvalue weighted by molar-refractivity contribution is 14.0. The van der Waals surface area contributed by atoms with Crippen molar-refractivity contribution in [2.24, 2.45) is 4.99 Å². The molecule has 1 atom stereocenters. The Balaban J connectivity index is 0.00000320. The normalized spacial score (nSPS) is 15.6. The van der Waals surface area contributed by atoms with Gasteiger partial charge in [0.1, 0.15) is 5.75 Å². The molecule has 2 aromatic carbocycles. The number of guanidine groups is 1. The number of hydrogen-bond donors (Lipinski definition) is 1. The van der Waals surface area contributed by atoms with E-state index in [1.807, 2.05) is 19.2 Å². The van der Waals surface area contributed by atoms with Gasteiger partial charge < -0.3 is 24.8 Å². The number of rotatable bonds is 6. The number of piperazine rings is 1. The maximum atomic E-state index is 5.29. The smallest absolute Gasteiger partial charge is 0.193 e. The number of nitrogens with one attached hydrogen (secondary N) is 1. The second kappa shape index (κ2) is 12.0. The summed E-state index contributed by atoms with van der Waals surface area (Å²) < 4.78 is 5.29. The van der Waals surface area contributed by atoms with Gasteiger partial charge in [0.15, 0.2) is 5.96 Å². The Morgan fingerprint density at radius 2 is 1.67 bits per heavy atom. The molecule has 0 aromatic heterocycles. The molecule has 1 heterocycles. The molecule has 1 aliphatic heterocycles. The predicted octanol–water partition coefficient (Wildman–Crippen LogP) is 3.31. The summed E-state index contributed by atoms with van der Waals surface area (Å²) in [6, 6.07) is 19.2. The van der Waals surface area contributed by atoms with Gasteiger partial charge in [-0.25, -0.2) is 0 Å². The van der Waals surface area contributed by atoms with E-state index < -0.39 is 0 Å². The lowest BCUT2D eigenvalue weighted by Gasteiger charge is -2.38. The van der Waals surface area contributed by atoms with Crippen LogP contribution in [0.3, 0.4) is 0 Å². The summed E-state index contributed by atoms with van der Waals surface area (Å²) in [5.74, 6) is 1.85. The molecule has 0 aliphatic carbocycles. The molecule has 7 heteroatoms. The summed E-state index contributed by atoms with van der Waals surface area (Å²) in [5.41, 5.74) is 2.55. The molecule has 1 saturated heterocycles. The van der Waals surface area contributed by atoms with Crippen molar-refractivity contribution in [3.8, 4) is 5.75 Å². The van der Waals surface area contributed by atoms with Crippen LogP contribution >= 0.6 is 24.0 Å². The van der Waals surface area contributed by atoms with Crippen LogP contribution in [0.5, 0.6) is 5.75 Å². The molecule has 30 heavy (non-hydrogen) atoms. The van der Waals surface area contributed by atoms with E-state index in [0.29, 0.717) is 0 Å². The Morgan fingerprint density at radius 1 is 1.03 bits per heavy atom. The highest BCUT2D eigenvalue weighted by Crippen LogP contribution is 2.21. The molecular formula is C23H34IN5O. The topological polar surface area (TPSA) is 43.3 Å². The summed E-state index contributed by atoms with van der Waals surface area (Å²) in [6.07, 6.45) is 0. The number of anilines is 1. The molecule has 0 radical (unpaired) electrons. The summed E-state index contributed by atoms with van der Waals surface area (Å²) in [4.78, 5) is 11.5. The zero-order chi connectivity index (χ0) is 20.6. The summed E-state index contributed by atoms with van der Waals surface area (Å²) >= 11 is 0. The Kier molecular flexibility index (Phi) is 9.71. The van der Waals surface area contributed by atoms with E-state index in [1.54, 1.807) is 7.11 Å². The third-order valence-corrected chi connectivity index (χ3v) is 5.49. The van der Waals surface area contributed by atoms with E-state index in [1.165, 1.54) is 11.3 Å². The zero-order valence-corrected chi connectivity index (χ0v) is 20.7. The zero-order valence-electron chi connectivity index (χ0n) is 18.4. The third kappa shape index (κ3) is 6.25. The lowest BCUT2D eigenvalue weighted by Crippen LogP contribution is -2.53. The highest BCUT2D eigenvalue weighted by atomic mass is 127. The third-order valence-electron chi connectivity index (χ3n) is 5.49. The number of hydrogen-bond acceptors (Lipinski definition) is 4. The van der Waals surface area contributed by atoms with Crippen LogP contribution in [0.4, 0.5) is 5.69 Å². The number of aliphatic imine (C=N–C) groups is 1. The fraction of sp³-hybridized carbons (Fsp3) is 0.435. The first-order valence-electron chi connectivity index (χ1n) is 10.2. The van der Waals surface area contributed by atoms with Crippen LogP contribution in [0.25, 0.3) is 0 Å². The van der Waals surface area contributed by atoms with Gasteiger partial charge in [0.2, 0.25) is 0 Å². The van der Waals surface area contributed by atoms with E-state index >= 15 is 0 Å². The molecule has 1 fully saturated rings. The quantitative estimate of drug-likeness (QED) is 0.358. The second-order valence-corrected chi connectivity index (χ2v) is 7.49. The van der Waals surface area contributed by atoms with Crippen molar-refractivity contribution in [3.05, 3.63) is 60.2 Å². The van der Waals surface area contributed by atoms with Crippen LogP contribution in [0.15, 0.2) is 59.6 Å². The van der Waals surface area contributed by atoms with Gasteiger partial charge in [-0.05, 0) is 43.9 Å². The number of likely N-dealkylation sites (N-methyl/N-ethyl adjacent to an activating group) is 1. The molecule has 6 nitrogen and oxygen atoms in total. The van der Waals surface area contributed by atoms with E-state index in [0.717, 1.165) is 44.4 Å². The first-order chi connectivity index (χ1) is 14.1. The van der Waals surface area contributed by atoms with Crippen molar-refractivity contribution in [2.75, 3.05) is 65.9 Å². The molecule has 164 valence electrons. The molecule has 1 aliphatic rings. The SMILES string of the molecule is CN=C(NCC(c1ccc(OC)cc1)N(C)C)N1CCN(c2ccccc2)CC1.I. The predicted molar refractivity (Wildman–Crippen MR) is 136 cm³/mol. The standard InChI is InChI=1S/C23H33N5O.HI/c1-24-23(28-16-14-27(15-17-28)20-8-6-5-7-9-20)25-18-22(26(2)3)19-10-12-21(29-4)13-11-19;/h5-13,22H,14-18H2,1-4H3,(H,24,25);1H. The minimum absolute atomic E-state index is 0.